The van der Waals surface area contributed by atoms with Crippen LogP contribution in [0.3, 0.4) is 0 Å². The summed E-state index contributed by atoms with van der Waals surface area (Å²) in [5.74, 6) is -1.91. The maximum Gasteiger partial charge on any atom is 0.322 e. The van der Waals surface area contributed by atoms with Gasteiger partial charge in [-0.25, -0.2) is 8.42 Å². The molecule has 0 fully saturated rings. The molecule has 0 bridgehead atoms. The zero-order valence-electron chi connectivity index (χ0n) is 10.1. The molecule has 18 heavy (non-hydrogen) atoms. The van der Waals surface area contributed by atoms with Gasteiger partial charge < -0.3 is 9.84 Å². The van der Waals surface area contributed by atoms with Gasteiger partial charge in [-0.1, -0.05) is 30.3 Å². The number of sulfone groups is 1. The highest BCUT2D eigenvalue weighted by Gasteiger charge is 2.32. The molecule has 5 nitrogen and oxygen atoms in total. The van der Waals surface area contributed by atoms with E-state index < -0.39 is 27.0 Å². The molecule has 0 aliphatic rings. The van der Waals surface area contributed by atoms with E-state index >= 15 is 0 Å². The van der Waals surface area contributed by atoms with E-state index in [1.807, 2.05) is 0 Å². The van der Waals surface area contributed by atoms with E-state index in [0.29, 0.717) is 5.56 Å². The number of hydrogen-bond donors (Lipinski definition) is 1. The molecule has 1 N–H and O–H groups in total. The zero-order valence-corrected chi connectivity index (χ0v) is 10.9. The van der Waals surface area contributed by atoms with E-state index in [0.717, 1.165) is 0 Å². The van der Waals surface area contributed by atoms with Gasteiger partial charge in [-0.05, 0) is 18.9 Å². The Hall–Kier alpha value is -1.40. The van der Waals surface area contributed by atoms with Crippen LogP contribution in [-0.4, -0.2) is 37.3 Å². The van der Waals surface area contributed by atoms with E-state index in [1.54, 1.807) is 37.3 Å². The first-order valence-electron chi connectivity index (χ1n) is 5.53. The van der Waals surface area contributed by atoms with Gasteiger partial charge in [0.15, 0.2) is 15.1 Å². The summed E-state index contributed by atoms with van der Waals surface area (Å²) >= 11 is 0. The smallest absolute Gasteiger partial charge is 0.322 e. The van der Waals surface area contributed by atoms with E-state index in [1.165, 1.54) is 0 Å². The fourth-order valence-corrected chi connectivity index (χ4v) is 2.79. The Morgan fingerprint density at radius 2 is 1.94 bits per heavy atom. The van der Waals surface area contributed by atoms with Gasteiger partial charge in [0.2, 0.25) is 0 Å². The molecule has 6 heteroatoms. The lowest BCUT2D eigenvalue weighted by molar-refractivity contribution is -0.136. The number of aliphatic carboxylic acids is 1. The molecule has 0 saturated heterocycles. The standard InChI is InChI=1S/C12H16O5S/c1-2-17-9-18(15,16)11(12(13)14)8-10-6-4-3-5-7-10/h3-7,11H,2,8-9H2,1H3,(H,13,14). The first-order chi connectivity index (χ1) is 8.47. The number of hydrogen-bond acceptors (Lipinski definition) is 4. The minimum absolute atomic E-state index is 0.0500. The third kappa shape index (κ3) is 4.12. The van der Waals surface area contributed by atoms with Gasteiger partial charge in [0.1, 0.15) is 5.94 Å². The summed E-state index contributed by atoms with van der Waals surface area (Å²) in [4.78, 5) is 11.1. The van der Waals surface area contributed by atoms with Crippen molar-refractivity contribution in [3.8, 4) is 0 Å². The van der Waals surface area contributed by atoms with Crippen LogP contribution in [-0.2, 0) is 25.8 Å². The van der Waals surface area contributed by atoms with Gasteiger partial charge in [-0.15, -0.1) is 0 Å². The number of ether oxygens (including phenoxy) is 1. The molecular weight excluding hydrogens is 256 g/mol. The Balaban J connectivity index is 2.87. The fourth-order valence-electron chi connectivity index (χ4n) is 1.48. The number of carboxylic acids is 1. The van der Waals surface area contributed by atoms with Crippen LogP contribution in [0.1, 0.15) is 12.5 Å². The second-order valence-electron chi connectivity index (χ2n) is 3.79. The van der Waals surface area contributed by atoms with Gasteiger partial charge >= 0.3 is 5.97 Å². The third-order valence-electron chi connectivity index (χ3n) is 2.42. The third-order valence-corrected chi connectivity index (χ3v) is 4.16. The number of carbonyl (C=O) groups is 1. The lowest BCUT2D eigenvalue weighted by Crippen LogP contribution is -2.34. The molecule has 0 aliphatic heterocycles. The highest BCUT2D eigenvalue weighted by atomic mass is 32.2. The molecule has 0 amide bonds. The lowest BCUT2D eigenvalue weighted by atomic mass is 10.1. The molecule has 1 aromatic rings. The van der Waals surface area contributed by atoms with Gasteiger partial charge in [0.05, 0.1) is 0 Å². The molecule has 0 aliphatic carbocycles. The van der Waals surface area contributed by atoms with Crippen molar-refractivity contribution < 1.29 is 23.1 Å². The molecule has 1 rings (SSSR count). The largest absolute Gasteiger partial charge is 0.480 e. The molecule has 100 valence electrons. The Kier molecular flexibility index (Phi) is 5.30. The molecule has 0 radical (unpaired) electrons. The average molecular weight is 272 g/mol. The molecule has 0 spiro atoms. The Morgan fingerprint density at radius 3 is 2.44 bits per heavy atom. The molecule has 1 aromatic carbocycles. The maximum absolute atomic E-state index is 11.8. The molecule has 1 unspecified atom stereocenters. The Bertz CT molecular complexity index is 480. The van der Waals surface area contributed by atoms with Gasteiger partial charge in [0, 0.05) is 6.61 Å². The van der Waals surface area contributed by atoms with Gasteiger partial charge in [-0.2, -0.15) is 0 Å². The summed E-state index contributed by atoms with van der Waals surface area (Å²) in [6.45, 7) is 1.89. The summed E-state index contributed by atoms with van der Waals surface area (Å²) in [6.07, 6.45) is -0.0500. The average Bonchev–Trinajstić information content (AvgIpc) is 2.34. The monoisotopic (exact) mass is 272 g/mol. The predicted molar refractivity (Wildman–Crippen MR) is 67.0 cm³/mol. The minimum Gasteiger partial charge on any atom is -0.480 e. The van der Waals surface area contributed by atoms with Crippen molar-refractivity contribution in [3.05, 3.63) is 35.9 Å². The van der Waals surface area contributed by atoms with E-state index in [9.17, 15) is 13.2 Å². The SMILES string of the molecule is CCOCS(=O)(=O)C(Cc1ccccc1)C(=O)O. The fraction of sp³-hybridized carbons (Fsp3) is 0.417. The quantitative estimate of drug-likeness (QED) is 0.803. The second kappa shape index (κ2) is 6.51. The Morgan fingerprint density at radius 1 is 1.33 bits per heavy atom. The lowest BCUT2D eigenvalue weighted by Gasteiger charge is -2.13. The van der Waals surface area contributed by atoms with Crippen LogP contribution in [0.2, 0.25) is 0 Å². The summed E-state index contributed by atoms with van der Waals surface area (Å²) in [5, 5.41) is 7.57. The predicted octanol–water partition coefficient (Wildman–Crippen LogP) is 1.09. The minimum atomic E-state index is -3.80. The second-order valence-corrected chi connectivity index (χ2v) is 5.92. The topological polar surface area (TPSA) is 80.7 Å². The highest BCUT2D eigenvalue weighted by molar-refractivity contribution is 7.92. The van der Waals surface area contributed by atoms with Crippen molar-refractivity contribution in [2.24, 2.45) is 0 Å². The van der Waals surface area contributed by atoms with E-state index in [4.69, 9.17) is 9.84 Å². The molecule has 0 aromatic heterocycles. The Labute approximate surface area is 106 Å². The van der Waals surface area contributed by atoms with Crippen molar-refractivity contribution in [1.82, 2.24) is 0 Å². The van der Waals surface area contributed by atoms with Crippen molar-refractivity contribution in [2.75, 3.05) is 12.5 Å². The van der Waals surface area contributed by atoms with Crippen molar-refractivity contribution >= 4 is 15.8 Å². The summed E-state index contributed by atoms with van der Waals surface area (Å²) in [5.41, 5.74) is 0.671. The van der Waals surface area contributed by atoms with E-state index in [2.05, 4.69) is 0 Å². The van der Waals surface area contributed by atoms with Crippen LogP contribution in [0.15, 0.2) is 30.3 Å². The van der Waals surface area contributed by atoms with Crippen LogP contribution in [0.5, 0.6) is 0 Å². The van der Waals surface area contributed by atoms with Crippen molar-refractivity contribution in [2.45, 2.75) is 18.6 Å². The summed E-state index contributed by atoms with van der Waals surface area (Å²) in [6, 6.07) is 8.67. The summed E-state index contributed by atoms with van der Waals surface area (Å²) in [7, 11) is -3.80. The van der Waals surface area contributed by atoms with Crippen LogP contribution in [0.25, 0.3) is 0 Å². The van der Waals surface area contributed by atoms with Crippen molar-refractivity contribution in [1.29, 1.82) is 0 Å². The van der Waals surface area contributed by atoms with E-state index in [-0.39, 0.29) is 13.0 Å². The zero-order chi connectivity index (χ0) is 13.6. The van der Waals surface area contributed by atoms with Crippen molar-refractivity contribution in [3.63, 3.8) is 0 Å². The van der Waals surface area contributed by atoms with Gasteiger partial charge in [-0.3, -0.25) is 4.79 Å². The molecule has 1 atom stereocenters. The van der Waals surface area contributed by atoms with Crippen LogP contribution in [0.4, 0.5) is 0 Å². The summed E-state index contributed by atoms with van der Waals surface area (Å²) < 4.78 is 28.5. The van der Waals surface area contributed by atoms with Crippen LogP contribution < -0.4 is 0 Å². The number of rotatable bonds is 7. The normalized spacial score (nSPS) is 13.2. The molecular formula is C12H16O5S. The first-order valence-corrected chi connectivity index (χ1v) is 7.25. The molecule has 0 saturated carbocycles. The number of benzene rings is 1. The van der Waals surface area contributed by atoms with Gasteiger partial charge in [0.25, 0.3) is 0 Å². The maximum atomic E-state index is 11.8. The van der Waals surface area contributed by atoms with Crippen LogP contribution >= 0.6 is 0 Å². The first kappa shape index (κ1) is 14.7. The van der Waals surface area contributed by atoms with Crippen LogP contribution in [0, 0.1) is 0 Å². The number of carboxylic acid groups (broad SMARTS) is 1. The molecule has 0 heterocycles. The highest BCUT2D eigenvalue weighted by Crippen LogP contribution is 2.12.